The summed E-state index contributed by atoms with van der Waals surface area (Å²) in [4.78, 5) is 7.03. The number of anilines is 1. The van der Waals surface area contributed by atoms with Gasteiger partial charge < -0.3 is 10.4 Å². The van der Waals surface area contributed by atoms with Gasteiger partial charge in [0.15, 0.2) is 11.6 Å². The quantitative estimate of drug-likeness (QED) is 0.853. The molecule has 20 heavy (non-hydrogen) atoms. The van der Waals surface area contributed by atoms with Crippen molar-refractivity contribution in [1.29, 1.82) is 0 Å². The molecule has 2 rings (SSSR count). The molecule has 1 unspecified atom stereocenters. The van der Waals surface area contributed by atoms with Crippen molar-refractivity contribution in [3.8, 4) is 0 Å². The number of hydrogen-bond acceptors (Lipinski definition) is 4. The molecule has 1 aromatic heterocycles. The second-order valence-electron chi connectivity index (χ2n) is 3.92. The number of aromatic nitrogens is 2. The molecular formula is C12H9ClF3N3O. The number of benzene rings is 1. The van der Waals surface area contributed by atoms with E-state index in [0.717, 1.165) is 18.3 Å². The molecule has 0 aliphatic rings. The minimum Gasteiger partial charge on any atom is -0.394 e. The molecular weight excluding hydrogens is 295 g/mol. The van der Waals surface area contributed by atoms with Crippen molar-refractivity contribution in [3.63, 3.8) is 0 Å². The van der Waals surface area contributed by atoms with E-state index in [1.807, 2.05) is 0 Å². The third kappa shape index (κ3) is 3.37. The predicted octanol–water partition coefficient (Wildman–Crippen LogP) is 2.69. The molecule has 8 heteroatoms. The average Bonchev–Trinajstić information content (AvgIpc) is 2.38. The van der Waals surface area contributed by atoms with Crippen LogP contribution in [0.25, 0.3) is 0 Å². The Bertz CT molecular complexity index is 607. The van der Waals surface area contributed by atoms with Crippen LogP contribution in [-0.4, -0.2) is 21.7 Å². The smallest absolute Gasteiger partial charge is 0.224 e. The second kappa shape index (κ2) is 6.06. The minimum absolute atomic E-state index is 0.110. The van der Waals surface area contributed by atoms with Gasteiger partial charge in [-0.1, -0.05) is 0 Å². The van der Waals surface area contributed by atoms with Crippen molar-refractivity contribution in [2.24, 2.45) is 0 Å². The zero-order valence-electron chi connectivity index (χ0n) is 9.95. The van der Waals surface area contributed by atoms with Crippen LogP contribution in [0.1, 0.15) is 11.6 Å². The van der Waals surface area contributed by atoms with Crippen LogP contribution in [-0.2, 0) is 0 Å². The van der Waals surface area contributed by atoms with Gasteiger partial charge in [0, 0.05) is 6.07 Å². The van der Waals surface area contributed by atoms with Crippen LogP contribution in [0.2, 0.25) is 5.28 Å². The minimum atomic E-state index is -0.944. The number of halogens is 4. The maximum Gasteiger partial charge on any atom is 0.224 e. The standard InChI is InChI=1S/C12H9ClF3N3O/c13-12-17-4-9(16)11(19-12)18-10(5-20)6-1-7(14)3-8(15)2-6/h1-4,10,20H,5H2,(H,17,18,19). The van der Waals surface area contributed by atoms with Crippen molar-refractivity contribution in [1.82, 2.24) is 9.97 Å². The molecule has 0 radical (unpaired) electrons. The van der Waals surface area contributed by atoms with E-state index >= 15 is 0 Å². The fraction of sp³-hybridized carbons (Fsp3) is 0.167. The van der Waals surface area contributed by atoms with Crippen LogP contribution in [0.3, 0.4) is 0 Å². The van der Waals surface area contributed by atoms with Crippen molar-refractivity contribution in [2.45, 2.75) is 6.04 Å². The van der Waals surface area contributed by atoms with Gasteiger partial charge in [-0.15, -0.1) is 0 Å². The molecule has 0 spiro atoms. The van der Waals surface area contributed by atoms with E-state index in [0.29, 0.717) is 6.07 Å². The van der Waals surface area contributed by atoms with Crippen LogP contribution < -0.4 is 5.32 Å². The van der Waals surface area contributed by atoms with Gasteiger partial charge in [-0.05, 0) is 29.3 Å². The molecule has 0 aliphatic carbocycles. The molecule has 0 fully saturated rings. The lowest BCUT2D eigenvalue weighted by molar-refractivity contribution is 0.275. The zero-order valence-corrected chi connectivity index (χ0v) is 10.7. The maximum absolute atomic E-state index is 13.5. The number of aliphatic hydroxyl groups excluding tert-OH is 1. The molecule has 4 nitrogen and oxygen atoms in total. The lowest BCUT2D eigenvalue weighted by Gasteiger charge is -2.17. The first-order valence-corrected chi connectivity index (χ1v) is 5.89. The summed E-state index contributed by atoms with van der Waals surface area (Å²) in [5, 5.41) is 11.6. The van der Waals surface area contributed by atoms with Crippen LogP contribution in [0, 0.1) is 17.5 Å². The summed E-state index contributed by atoms with van der Waals surface area (Å²) in [5.41, 5.74) is 0.110. The Hall–Kier alpha value is -1.86. The number of nitrogens with zero attached hydrogens (tertiary/aromatic N) is 2. The first kappa shape index (κ1) is 14.5. The Morgan fingerprint density at radius 3 is 2.45 bits per heavy atom. The monoisotopic (exact) mass is 303 g/mol. The highest BCUT2D eigenvalue weighted by Gasteiger charge is 2.16. The van der Waals surface area contributed by atoms with E-state index in [-0.39, 0.29) is 16.7 Å². The Morgan fingerprint density at radius 2 is 1.85 bits per heavy atom. The third-order valence-electron chi connectivity index (χ3n) is 2.50. The third-order valence-corrected chi connectivity index (χ3v) is 2.68. The summed E-state index contributed by atoms with van der Waals surface area (Å²) in [6, 6.07) is 1.80. The molecule has 106 valence electrons. The van der Waals surface area contributed by atoms with Crippen LogP contribution >= 0.6 is 11.6 Å². The summed E-state index contributed by atoms with van der Waals surface area (Å²) in [6.45, 7) is -0.524. The maximum atomic E-state index is 13.5. The average molecular weight is 304 g/mol. The van der Waals surface area contributed by atoms with Crippen molar-refractivity contribution >= 4 is 17.4 Å². The summed E-state index contributed by atoms with van der Waals surface area (Å²) < 4.78 is 39.7. The lowest BCUT2D eigenvalue weighted by atomic mass is 10.1. The first-order chi connectivity index (χ1) is 9.49. The molecule has 1 aromatic carbocycles. The van der Waals surface area contributed by atoms with E-state index in [1.54, 1.807) is 0 Å². The summed E-state index contributed by atoms with van der Waals surface area (Å²) >= 11 is 5.53. The van der Waals surface area contributed by atoms with Crippen LogP contribution in [0.5, 0.6) is 0 Å². The van der Waals surface area contributed by atoms with Gasteiger partial charge in [0.25, 0.3) is 0 Å². The van der Waals surface area contributed by atoms with E-state index < -0.39 is 30.1 Å². The highest BCUT2D eigenvalue weighted by Crippen LogP contribution is 2.22. The predicted molar refractivity (Wildman–Crippen MR) is 66.8 cm³/mol. The SMILES string of the molecule is OCC(Nc1nc(Cl)ncc1F)c1cc(F)cc(F)c1. The number of nitrogens with one attached hydrogen (secondary N) is 1. The van der Waals surface area contributed by atoms with E-state index in [4.69, 9.17) is 11.6 Å². The Balaban J connectivity index is 2.30. The molecule has 2 aromatic rings. The van der Waals surface area contributed by atoms with E-state index in [2.05, 4.69) is 15.3 Å². The zero-order chi connectivity index (χ0) is 14.7. The molecule has 0 saturated carbocycles. The van der Waals surface area contributed by atoms with Gasteiger partial charge in [0.2, 0.25) is 5.28 Å². The highest BCUT2D eigenvalue weighted by molar-refractivity contribution is 6.28. The van der Waals surface area contributed by atoms with E-state index in [9.17, 15) is 18.3 Å². The van der Waals surface area contributed by atoms with E-state index in [1.165, 1.54) is 0 Å². The van der Waals surface area contributed by atoms with Gasteiger partial charge in [-0.2, -0.15) is 4.98 Å². The summed E-state index contributed by atoms with van der Waals surface area (Å²) in [6.07, 6.45) is 0.845. The van der Waals surface area contributed by atoms with Gasteiger partial charge in [-0.25, -0.2) is 18.2 Å². The molecule has 2 N–H and O–H groups in total. The molecule has 0 amide bonds. The fourth-order valence-corrected chi connectivity index (χ4v) is 1.76. The normalized spacial score (nSPS) is 12.2. The number of hydrogen-bond donors (Lipinski definition) is 2. The largest absolute Gasteiger partial charge is 0.394 e. The topological polar surface area (TPSA) is 58.0 Å². The first-order valence-electron chi connectivity index (χ1n) is 5.51. The Morgan fingerprint density at radius 1 is 1.20 bits per heavy atom. The van der Waals surface area contributed by atoms with Gasteiger partial charge in [0.05, 0.1) is 18.8 Å². The summed E-state index contributed by atoms with van der Waals surface area (Å²) in [7, 11) is 0. The number of rotatable bonds is 4. The Kier molecular flexibility index (Phi) is 4.41. The number of aliphatic hydroxyl groups is 1. The van der Waals surface area contributed by atoms with Gasteiger partial charge >= 0.3 is 0 Å². The second-order valence-corrected chi connectivity index (χ2v) is 4.26. The van der Waals surface area contributed by atoms with Gasteiger partial charge in [-0.3, -0.25) is 0 Å². The van der Waals surface area contributed by atoms with Crippen LogP contribution in [0.15, 0.2) is 24.4 Å². The molecule has 0 saturated heterocycles. The molecule has 0 aliphatic heterocycles. The molecule has 1 atom stereocenters. The Labute approximate surface area is 117 Å². The highest BCUT2D eigenvalue weighted by atomic mass is 35.5. The molecule has 0 bridgehead atoms. The van der Waals surface area contributed by atoms with Crippen LogP contribution in [0.4, 0.5) is 19.0 Å². The fourth-order valence-electron chi connectivity index (χ4n) is 1.62. The van der Waals surface area contributed by atoms with Crippen molar-refractivity contribution in [2.75, 3.05) is 11.9 Å². The summed E-state index contributed by atoms with van der Waals surface area (Å²) in [5.74, 6) is -2.68. The lowest BCUT2D eigenvalue weighted by Crippen LogP contribution is -2.17. The molecule has 1 heterocycles. The van der Waals surface area contributed by atoms with Crippen molar-refractivity contribution in [3.05, 3.63) is 52.7 Å². The van der Waals surface area contributed by atoms with Crippen molar-refractivity contribution < 1.29 is 18.3 Å². The van der Waals surface area contributed by atoms with Gasteiger partial charge in [0.1, 0.15) is 11.6 Å².